The van der Waals surface area contributed by atoms with Crippen molar-refractivity contribution in [2.45, 2.75) is 31.8 Å². The third kappa shape index (κ3) is 3.91. The minimum Gasteiger partial charge on any atom is -0.361 e. The molecule has 11 heteroatoms. The monoisotopic (exact) mass is 424 g/mol. The Hall–Kier alpha value is -2.53. The number of halogens is 4. The number of carbonyl (C=O) groups excluding carboxylic acids is 1. The van der Waals surface area contributed by atoms with E-state index in [1.165, 1.54) is 17.0 Å². The maximum Gasteiger partial charge on any atom is 0.260 e. The number of alkyl halides is 2. The van der Waals surface area contributed by atoms with Gasteiger partial charge in [-0.1, -0.05) is 25.0 Å². The van der Waals surface area contributed by atoms with E-state index < -0.39 is 35.3 Å². The normalized spacial score (nSPS) is 22.4. The van der Waals surface area contributed by atoms with Gasteiger partial charge in [0.1, 0.15) is 13.7 Å². The van der Waals surface area contributed by atoms with E-state index in [1.54, 1.807) is 0 Å². The molecule has 1 N–H and O–H groups in total. The van der Waals surface area contributed by atoms with Crippen LogP contribution < -0.4 is 10.8 Å². The van der Waals surface area contributed by atoms with Crippen molar-refractivity contribution < 1.29 is 28.5 Å². The largest absolute Gasteiger partial charge is 0.361 e. The van der Waals surface area contributed by atoms with Gasteiger partial charge in [0.05, 0.1) is 37.7 Å². The third-order valence-electron chi connectivity index (χ3n) is 5.10. The second-order valence-electron chi connectivity index (χ2n) is 7.20. The van der Waals surface area contributed by atoms with Crippen molar-refractivity contribution in [1.29, 1.82) is 0 Å². The molecule has 1 spiro atoms. The van der Waals surface area contributed by atoms with Gasteiger partial charge in [-0.3, -0.25) is 15.0 Å². The molecule has 2 radical (unpaired) electrons. The highest BCUT2D eigenvalue weighted by molar-refractivity contribution is 6.32. The number of rotatable bonds is 3. The van der Waals surface area contributed by atoms with Crippen molar-refractivity contribution >= 4 is 25.2 Å². The number of hydrogen-bond acceptors (Lipinski definition) is 5. The predicted molar refractivity (Wildman–Crippen MR) is 104 cm³/mol. The first-order chi connectivity index (χ1) is 13.7. The molecule has 30 heavy (non-hydrogen) atoms. The van der Waals surface area contributed by atoms with Gasteiger partial charge in [0.25, 0.3) is 5.92 Å². The molecular weight excluding hydrogens is 403 g/mol. The maximum absolute atomic E-state index is 14.7. The molecule has 0 unspecified atom stereocenters. The van der Waals surface area contributed by atoms with Crippen molar-refractivity contribution in [3.8, 4) is 0 Å². The molecule has 1 amide bonds. The number of nitrogens with zero attached hydrogens (tertiary/aromatic N) is 3. The Kier molecular flexibility index (Phi) is 5.88. The van der Waals surface area contributed by atoms with E-state index in [9.17, 15) is 22.4 Å². The molecule has 1 aliphatic carbocycles. The molecule has 160 valence electrons. The standard InChI is InChI=1S/C18H15BF4N4O2.CH4.H2/c19-12-2-1-10-6-29-9-27(5-13(28)26-16-24-3-11(20)4-25-16)8-17(7-18(17,22)23)14(10)15(12)21;;/h1-4H,5-9H2,(H,24,25,26,28);1H4;1H/t17-;;/m0../s1. The minimum atomic E-state index is -3.14. The van der Waals surface area contributed by atoms with Crippen LogP contribution in [-0.2, 0) is 21.6 Å². The lowest BCUT2D eigenvalue weighted by Crippen LogP contribution is -2.44. The summed E-state index contributed by atoms with van der Waals surface area (Å²) >= 11 is 0. The van der Waals surface area contributed by atoms with Gasteiger partial charge >= 0.3 is 0 Å². The van der Waals surface area contributed by atoms with E-state index in [1.807, 2.05) is 0 Å². The van der Waals surface area contributed by atoms with Crippen LogP contribution in [0.1, 0.15) is 26.4 Å². The fourth-order valence-electron chi connectivity index (χ4n) is 3.68. The second-order valence-corrected chi connectivity index (χ2v) is 7.20. The third-order valence-corrected chi connectivity index (χ3v) is 5.10. The van der Waals surface area contributed by atoms with E-state index in [4.69, 9.17) is 12.6 Å². The summed E-state index contributed by atoms with van der Waals surface area (Å²) in [5.74, 6) is -5.41. The van der Waals surface area contributed by atoms with Crippen molar-refractivity contribution in [3.63, 3.8) is 0 Å². The maximum atomic E-state index is 14.7. The fourth-order valence-corrected chi connectivity index (χ4v) is 3.68. The molecule has 1 aliphatic heterocycles. The van der Waals surface area contributed by atoms with Crippen LogP contribution in [0.3, 0.4) is 0 Å². The molecule has 6 nitrogen and oxygen atoms in total. The Labute approximate surface area is 173 Å². The lowest BCUT2D eigenvalue weighted by Gasteiger charge is -2.32. The van der Waals surface area contributed by atoms with Gasteiger partial charge in [0, 0.05) is 20.0 Å². The number of benzene rings is 1. The number of aromatic nitrogens is 2. The molecule has 1 saturated carbocycles. The van der Waals surface area contributed by atoms with Crippen LogP contribution in [0.25, 0.3) is 0 Å². The van der Waals surface area contributed by atoms with Crippen LogP contribution in [-0.4, -0.2) is 54.4 Å². The molecule has 1 fully saturated rings. The van der Waals surface area contributed by atoms with Crippen LogP contribution in [0.2, 0.25) is 0 Å². The molecule has 2 aliphatic rings. The highest BCUT2D eigenvalue weighted by atomic mass is 19.3. The second kappa shape index (κ2) is 7.95. The lowest BCUT2D eigenvalue weighted by molar-refractivity contribution is -0.119. The van der Waals surface area contributed by atoms with Gasteiger partial charge in [-0.2, -0.15) is 0 Å². The van der Waals surface area contributed by atoms with E-state index in [2.05, 4.69) is 15.3 Å². The van der Waals surface area contributed by atoms with E-state index in [0.29, 0.717) is 5.56 Å². The molecule has 0 saturated heterocycles. The summed E-state index contributed by atoms with van der Waals surface area (Å²) in [6, 6.07) is 2.80. The smallest absolute Gasteiger partial charge is 0.260 e. The predicted octanol–water partition coefficient (Wildman–Crippen LogP) is 2.14. The van der Waals surface area contributed by atoms with Crippen molar-refractivity contribution in [2.24, 2.45) is 0 Å². The Morgan fingerprint density at radius 3 is 2.60 bits per heavy atom. The molecule has 1 aromatic heterocycles. The summed E-state index contributed by atoms with van der Waals surface area (Å²) in [7, 11) is 5.60. The summed E-state index contributed by atoms with van der Waals surface area (Å²) in [5.41, 5.74) is -1.84. The number of nitrogens with one attached hydrogen (secondary N) is 1. The van der Waals surface area contributed by atoms with Crippen LogP contribution in [0.5, 0.6) is 0 Å². The highest BCUT2D eigenvalue weighted by Gasteiger charge is 2.73. The molecule has 1 atom stereocenters. The first-order valence-electron chi connectivity index (χ1n) is 8.74. The first-order valence-corrected chi connectivity index (χ1v) is 8.74. The zero-order valence-electron chi connectivity index (χ0n) is 15.1. The molecule has 0 bridgehead atoms. The molecule has 2 heterocycles. The summed E-state index contributed by atoms with van der Waals surface area (Å²) < 4.78 is 61.9. The number of amides is 1. The zero-order valence-corrected chi connectivity index (χ0v) is 15.1. The molecule has 2 aromatic rings. The average molecular weight is 424 g/mol. The van der Waals surface area contributed by atoms with Gasteiger partial charge in [-0.15, -0.1) is 0 Å². The Morgan fingerprint density at radius 2 is 1.97 bits per heavy atom. The van der Waals surface area contributed by atoms with Crippen molar-refractivity contribution in [1.82, 2.24) is 14.9 Å². The van der Waals surface area contributed by atoms with Gasteiger partial charge in [0.15, 0.2) is 5.82 Å². The summed E-state index contributed by atoms with van der Waals surface area (Å²) in [6.45, 7) is -0.826. The van der Waals surface area contributed by atoms with E-state index in [-0.39, 0.29) is 52.3 Å². The number of hydrogen-bond donors (Lipinski definition) is 1. The van der Waals surface area contributed by atoms with Gasteiger partial charge in [-0.25, -0.2) is 27.5 Å². The summed E-state index contributed by atoms with van der Waals surface area (Å²) in [5, 5.41) is 2.35. The van der Waals surface area contributed by atoms with E-state index >= 15 is 0 Å². The molecule has 1 aromatic carbocycles. The number of fused-ring (bicyclic) bond motifs is 2. The van der Waals surface area contributed by atoms with Gasteiger partial charge in [0.2, 0.25) is 11.9 Å². The Morgan fingerprint density at radius 1 is 1.30 bits per heavy atom. The SMILES string of the molecule is C.[B]c1ccc2c(c1F)[C@@]1(CN(CC(=O)Nc3ncc(F)cn3)COC2)CC1(F)F.[HH]. The molecular formula is C19H21BF4N4O2. The van der Waals surface area contributed by atoms with Crippen LogP contribution in [0, 0.1) is 11.6 Å². The van der Waals surface area contributed by atoms with Gasteiger partial charge in [-0.05, 0) is 5.56 Å². The zero-order chi connectivity index (χ0) is 20.8. The highest BCUT2D eigenvalue weighted by Crippen LogP contribution is 2.63. The van der Waals surface area contributed by atoms with Gasteiger partial charge < -0.3 is 4.74 Å². The fraction of sp³-hybridized carbons (Fsp3) is 0.421. The average Bonchev–Trinajstić information content (AvgIpc) is 3.19. The Bertz CT molecular complexity index is 967. The number of ether oxygens (including phenoxy) is 1. The summed E-state index contributed by atoms with van der Waals surface area (Å²) in [4.78, 5) is 20.8. The van der Waals surface area contributed by atoms with E-state index in [0.717, 1.165) is 12.4 Å². The lowest BCUT2D eigenvalue weighted by atomic mass is 9.83. The van der Waals surface area contributed by atoms with Crippen LogP contribution in [0.15, 0.2) is 24.5 Å². The quantitative estimate of drug-likeness (QED) is 0.604. The van der Waals surface area contributed by atoms with Crippen molar-refractivity contribution in [3.05, 3.63) is 47.3 Å². The number of carbonyl (C=O) groups is 1. The van der Waals surface area contributed by atoms with Crippen LogP contribution in [0.4, 0.5) is 23.5 Å². The number of anilines is 1. The minimum absolute atomic E-state index is 0. The van der Waals surface area contributed by atoms with Crippen molar-refractivity contribution in [2.75, 3.05) is 25.1 Å². The molecule has 4 rings (SSSR count). The topological polar surface area (TPSA) is 67.4 Å². The summed E-state index contributed by atoms with van der Waals surface area (Å²) in [6.07, 6.45) is 1.21. The first kappa shape index (κ1) is 22.2. The Balaban J connectivity index is 0.00000171. The van der Waals surface area contributed by atoms with Crippen LogP contribution >= 0.6 is 0 Å².